The molecule has 3 rings (SSSR count). The van der Waals surface area contributed by atoms with Crippen LogP contribution in [0.25, 0.3) is 0 Å². The van der Waals surface area contributed by atoms with Crippen molar-refractivity contribution in [3.63, 3.8) is 0 Å². The van der Waals surface area contributed by atoms with Gasteiger partial charge < -0.3 is 10.6 Å². The van der Waals surface area contributed by atoms with E-state index in [1.807, 2.05) is 44.2 Å². The summed E-state index contributed by atoms with van der Waals surface area (Å²) in [6.45, 7) is 4.18. The summed E-state index contributed by atoms with van der Waals surface area (Å²) in [6.07, 6.45) is 0. The van der Waals surface area contributed by atoms with E-state index in [2.05, 4.69) is 25.3 Å². The zero-order valence-corrected chi connectivity index (χ0v) is 17.8. The zero-order chi connectivity index (χ0) is 22.4. The summed E-state index contributed by atoms with van der Waals surface area (Å²) in [4.78, 5) is 18.8. The molecule has 0 amide bonds. The lowest BCUT2D eigenvalue weighted by atomic mass is 10.2. The highest BCUT2D eigenvalue weighted by atomic mass is 32.2. The smallest absolute Gasteiger partial charge is 0.269 e. The van der Waals surface area contributed by atoms with E-state index in [1.165, 1.54) is 12.1 Å². The summed E-state index contributed by atoms with van der Waals surface area (Å²) in [6, 6.07) is 14.4. The number of nitro benzene ring substituents is 1. The maximum Gasteiger partial charge on any atom is 0.269 e. The molecule has 1 heterocycles. The van der Waals surface area contributed by atoms with Gasteiger partial charge in [0.2, 0.25) is 16.0 Å². The number of benzene rings is 2. The number of rotatable bonds is 9. The minimum atomic E-state index is -3.78. The van der Waals surface area contributed by atoms with E-state index in [1.54, 1.807) is 0 Å². The molecule has 0 saturated heterocycles. The SMILES string of the molecule is Cc1ccc(Nc2cc(C)nc(NCCNS(=O)(=O)c3ccc([N+](=O)[O-])cc3)n2)cc1. The number of nitro groups is 1. The summed E-state index contributed by atoms with van der Waals surface area (Å²) in [5, 5.41) is 16.9. The molecule has 0 spiro atoms. The minimum Gasteiger partial charge on any atom is -0.353 e. The van der Waals surface area contributed by atoms with E-state index < -0.39 is 14.9 Å². The van der Waals surface area contributed by atoms with E-state index in [0.29, 0.717) is 11.8 Å². The van der Waals surface area contributed by atoms with Gasteiger partial charge in [0.05, 0.1) is 9.82 Å². The molecule has 3 aromatic rings. The van der Waals surface area contributed by atoms with Gasteiger partial charge in [-0.05, 0) is 38.1 Å². The highest BCUT2D eigenvalue weighted by Gasteiger charge is 2.15. The molecule has 0 saturated carbocycles. The molecular formula is C20H22N6O4S. The lowest BCUT2D eigenvalue weighted by molar-refractivity contribution is -0.384. The Morgan fingerprint density at radius 3 is 2.29 bits per heavy atom. The topological polar surface area (TPSA) is 139 Å². The fraction of sp³-hybridized carbons (Fsp3) is 0.200. The Labute approximate surface area is 180 Å². The van der Waals surface area contributed by atoms with Crippen molar-refractivity contribution in [1.29, 1.82) is 0 Å². The second-order valence-electron chi connectivity index (χ2n) is 6.78. The van der Waals surface area contributed by atoms with Gasteiger partial charge in [-0.3, -0.25) is 10.1 Å². The fourth-order valence-corrected chi connectivity index (χ4v) is 3.72. The number of aryl methyl sites for hydroxylation is 2. The van der Waals surface area contributed by atoms with Crippen LogP contribution in [0.1, 0.15) is 11.3 Å². The first-order valence-electron chi connectivity index (χ1n) is 9.40. The van der Waals surface area contributed by atoms with Gasteiger partial charge in [-0.1, -0.05) is 17.7 Å². The van der Waals surface area contributed by atoms with E-state index >= 15 is 0 Å². The van der Waals surface area contributed by atoms with Gasteiger partial charge in [0.15, 0.2) is 0 Å². The van der Waals surface area contributed by atoms with Crippen LogP contribution in [0.4, 0.5) is 23.1 Å². The third-order valence-electron chi connectivity index (χ3n) is 4.24. The summed E-state index contributed by atoms with van der Waals surface area (Å²) in [7, 11) is -3.78. The van der Waals surface area contributed by atoms with Crippen molar-refractivity contribution in [1.82, 2.24) is 14.7 Å². The third kappa shape index (κ3) is 6.20. The quantitative estimate of drug-likeness (QED) is 0.261. The summed E-state index contributed by atoms with van der Waals surface area (Å²) in [5.41, 5.74) is 2.62. The molecule has 1 aromatic heterocycles. The Morgan fingerprint density at radius 2 is 1.65 bits per heavy atom. The highest BCUT2D eigenvalue weighted by molar-refractivity contribution is 7.89. The number of nitrogens with one attached hydrogen (secondary N) is 3. The summed E-state index contributed by atoms with van der Waals surface area (Å²) < 4.78 is 27.1. The summed E-state index contributed by atoms with van der Waals surface area (Å²) in [5.74, 6) is 0.981. The molecule has 0 fully saturated rings. The summed E-state index contributed by atoms with van der Waals surface area (Å²) >= 11 is 0. The molecule has 2 aromatic carbocycles. The van der Waals surface area contributed by atoms with E-state index in [-0.39, 0.29) is 23.7 Å². The van der Waals surface area contributed by atoms with Crippen LogP contribution in [0, 0.1) is 24.0 Å². The van der Waals surface area contributed by atoms with Crippen molar-refractivity contribution in [2.24, 2.45) is 0 Å². The van der Waals surface area contributed by atoms with Crippen molar-refractivity contribution < 1.29 is 13.3 Å². The Bertz CT molecular complexity index is 1170. The minimum absolute atomic E-state index is 0.0468. The molecule has 0 atom stereocenters. The van der Waals surface area contributed by atoms with Crippen LogP contribution in [0.5, 0.6) is 0 Å². The Hall–Kier alpha value is -3.57. The predicted octanol–water partition coefficient (Wildman–Crippen LogP) is 3.14. The predicted molar refractivity (Wildman–Crippen MR) is 118 cm³/mol. The number of nitrogens with zero attached hydrogens (tertiary/aromatic N) is 3. The van der Waals surface area contributed by atoms with Crippen LogP contribution in [-0.4, -0.2) is 36.4 Å². The lowest BCUT2D eigenvalue weighted by Crippen LogP contribution is -2.29. The molecular weight excluding hydrogens is 420 g/mol. The molecule has 11 heteroatoms. The molecule has 31 heavy (non-hydrogen) atoms. The number of sulfonamides is 1. The van der Waals surface area contributed by atoms with E-state index in [0.717, 1.165) is 29.1 Å². The van der Waals surface area contributed by atoms with Crippen LogP contribution < -0.4 is 15.4 Å². The molecule has 3 N–H and O–H groups in total. The van der Waals surface area contributed by atoms with Crippen LogP contribution in [0.15, 0.2) is 59.5 Å². The van der Waals surface area contributed by atoms with Crippen LogP contribution in [-0.2, 0) is 10.0 Å². The first-order chi connectivity index (χ1) is 14.7. The first kappa shape index (κ1) is 22.1. The van der Waals surface area contributed by atoms with Crippen molar-refractivity contribution in [3.8, 4) is 0 Å². The fourth-order valence-electron chi connectivity index (χ4n) is 2.69. The van der Waals surface area contributed by atoms with Crippen LogP contribution in [0.3, 0.4) is 0 Å². The zero-order valence-electron chi connectivity index (χ0n) is 17.0. The monoisotopic (exact) mass is 442 g/mol. The van der Waals surface area contributed by atoms with E-state index in [4.69, 9.17) is 0 Å². The van der Waals surface area contributed by atoms with Gasteiger partial charge in [0.1, 0.15) is 5.82 Å². The molecule has 162 valence electrons. The van der Waals surface area contributed by atoms with Gasteiger partial charge in [0, 0.05) is 42.7 Å². The highest BCUT2D eigenvalue weighted by Crippen LogP contribution is 2.18. The number of aromatic nitrogens is 2. The average molecular weight is 443 g/mol. The second-order valence-corrected chi connectivity index (χ2v) is 8.55. The largest absolute Gasteiger partial charge is 0.353 e. The normalized spacial score (nSPS) is 11.2. The van der Waals surface area contributed by atoms with E-state index in [9.17, 15) is 18.5 Å². The van der Waals surface area contributed by atoms with Crippen LogP contribution in [0.2, 0.25) is 0 Å². The molecule has 0 aliphatic heterocycles. The van der Waals surface area contributed by atoms with Crippen molar-refractivity contribution in [2.45, 2.75) is 18.7 Å². The molecule has 0 bridgehead atoms. The Balaban J connectivity index is 1.56. The van der Waals surface area contributed by atoms with Crippen LogP contribution >= 0.6 is 0 Å². The molecule has 0 aliphatic carbocycles. The second kappa shape index (κ2) is 9.49. The average Bonchev–Trinajstić information content (AvgIpc) is 2.73. The molecule has 0 unspecified atom stereocenters. The Morgan fingerprint density at radius 1 is 0.968 bits per heavy atom. The van der Waals surface area contributed by atoms with Gasteiger partial charge in [-0.2, -0.15) is 4.98 Å². The number of hydrogen-bond acceptors (Lipinski definition) is 8. The van der Waals surface area contributed by atoms with Gasteiger partial charge in [0.25, 0.3) is 5.69 Å². The van der Waals surface area contributed by atoms with Crippen molar-refractivity contribution in [3.05, 3.63) is 76.0 Å². The lowest BCUT2D eigenvalue weighted by Gasteiger charge is -2.11. The third-order valence-corrected chi connectivity index (χ3v) is 5.71. The van der Waals surface area contributed by atoms with Gasteiger partial charge in [-0.25, -0.2) is 18.1 Å². The first-order valence-corrected chi connectivity index (χ1v) is 10.9. The maximum absolute atomic E-state index is 12.3. The Kier molecular flexibility index (Phi) is 6.78. The number of hydrogen-bond donors (Lipinski definition) is 3. The van der Waals surface area contributed by atoms with Crippen molar-refractivity contribution >= 4 is 33.2 Å². The molecule has 10 nitrogen and oxygen atoms in total. The van der Waals surface area contributed by atoms with Crippen molar-refractivity contribution in [2.75, 3.05) is 23.7 Å². The number of non-ortho nitro benzene ring substituents is 1. The van der Waals surface area contributed by atoms with Gasteiger partial charge in [-0.15, -0.1) is 0 Å². The number of anilines is 3. The van der Waals surface area contributed by atoms with Gasteiger partial charge >= 0.3 is 0 Å². The standard InChI is InChI=1S/C20H22N6O4S/c1-14-3-5-16(6-4-14)24-19-13-15(2)23-20(25-19)21-11-12-22-31(29,30)18-9-7-17(8-10-18)26(27)28/h3-10,13,22H,11-12H2,1-2H3,(H2,21,23,24,25). The molecule has 0 radical (unpaired) electrons. The maximum atomic E-state index is 12.3. The molecule has 0 aliphatic rings.